The lowest BCUT2D eigenvalue weighted by Crippen LogP contribution is -2.55. The highest BCUT2D eigenvalue weighted by Gasteiger charge is 2.41. The van der Waals surface area contributed by atoms with E-state index in [0.717, 1.165) is 10.1 Å². The largest absolute Gasteiger partial charge is 0.537 e. The molecule has 1 rings (SSSR count). The molecule has 0 radical (unpaired) electrons. The Morgan fingerprint density at radius 1 is 1.00 bits per heavy atom. The van der Waals surface area contributed by atoms with Crippen molar-refractivity contribution >= 4 is 26.6 Å². The van der Waals surface area contributed by atoms with Crippen LogP contribution in [0.25, 0.3) is 0 Å². The van der Waals surface area contributed by atoms with E-state index < -0.39 is 8.80 Å². The zero-order valence-corrected chi connectivity index (χ0v) is 10.4. The molecule has 1 aromatic rings. The minimum absolute atomic E-state index is 0.824. The van der Waals surface area contributed by atoms with Gasteiger partial charge in [0.25, 0.3) is 0 Å². The molecule has 0 heterocycles. The van der Waals surface area contributed by atoms with Crippen molar-refractivity contribution in [2.75, 3.05) is 21.3 Å². The molecule has 0 amide bonds. The van der Waals surface area contributed by atoms with Crippen molar-refractivity contribution < 1.29 is 13.3 Å². The second kappa shape index (κ2) is 4.95. The molecule has 0 aliphatic carbocycles. The summed E-state index contributed by atoms with van der Waals surface area (Å²) < 4.78 is 16.0. The van der Waals surface area contributed by atoms with Gasteiger partial charge in [-0.3, -0.25) is 0 Å². The van der Waals surface area contributed by atoms with Crippen LogP contribution in [0.4, 0.5) is 0 Å². The number of benzene rings is 1. The third kappa shape index (κ3) is 2.02. The lowest BCUT2D eigenvalue weighted by molar-refractivity contribution is 0.140. The maximum atomic E-state index is 5.35. The molecule has 14 heavy (non-hydrogen) atoms. The smallest absolute Gasteiger partial charge is 0.373 e. The van der Waals surface area contributed by atoms with E-state index in [4.69, 9.17) is 13.3 Å². The molecule has 5 heteroatoms. The van der Waals surface area contributed by atoms with Gasteiger partial charge in [0, 0.05) is 31.4 Å². The Kier molecular flexibility index (Phi) is 4.15. The monoisotopic (exact) mass is 230 g/mol. The molecular formula is C9H14O3SSi. The Morgan fingerprint density at radius 2 is 1.50 bits per heavy atom. The zero-order chi connectivity index (χ0) is 10.6. The van der Waals surface area contributed by atoms with Crippen LogP contribution in [0, 0.1) is 0 Å². The molecule has 0 saturated heterocycles. The highest BCUT2D eigenvalue weighted by molar-refractivity contribution is 7.80. The minimum atomic E-state index is -2.71. The summed E-state index contributed by atoms with van der Waals surface area (Å²) in [6.07, 6.45) is 0. The van der Waals surface area contributed by atoms with E-state index in [2.05, 4.69) is 12.6 Å². The molecule has 3 nitrogen and oxygen atoms in total. The second-order valence-corrected chi connectivity index (χ2v) is 6.04. The lowest BCUT2D eigenvalue weighted by Gasteiger charge is -2.25. The van der Waals surface area contributed by atoms with Crippen LogP contribution in [0.15, 0.2) is 29.2 Å². The van der Waals surface area contributed by atoms with E-state index in [-0.39, 0.29) is 0 Å². The Balaban J connectivity index is 3.17. The van der Waals surface area contributed by atoms with Gasteiger partial charge in [0.1, 0.15) is 0 Å². The highest BCUT2D eigenvalue weighted by atomic mass is 32.1. The summed E-state index contributed by atoms with van der Waals surface area (Å²) in [5.74, 6) is 0. The van der Waals surface area contributed by atoms with Crippen molar-refractivity contribution in [2.45, 2.75) is 4.90 Å². The highest BCUT2D eigenvalue weighted by Crippen LogP contribution is 2.12. The third-order valence-electron chi connectivity index (χ3n) is 2.04. The predicted octanol–water partition coefficient (Wildman–Crippen LogP) is 1.06. The van der Waals surface area contributed by atoms with Crippen molar-refractivity contribution in [2.24, 2.45) is 0 Å². The average Bonchev–Trinajstić information content (AvgIpc) is 2.24. The van der Waals surface area contributed by atoms with Crippen molar-refractivity contribution in [3.63, 3.8) is 0 Å². The Bertz CT molecular complexity index is 294. The van der Waals surface area contributed by atoms with E-state index >= 15 is 0 Å². The second-order valence-electron chi connectivity index (χ2n) is 2.69. The van der Waals surface area contributed by atoms with Gasteiger partial charge in [-0.05, 0) is 6.07 Å². The van der Waals surface area contributed by atoms with Gasteiger partial charge in [-0.25, -0.2) is 0 Å². The fraction of sp³-hybridized carbons (Fsp3) is 0.333. The molecule has 0 aliphatic heterocycles. The van der Waals surface area contributed by atoms with Crippen molar-refractivity contribution in [1.29, 1.82) is 0 Å². The lowest BCUT2D eigenvalue weighted by atomic mass is 10.4. The minimum Gasteiger partial charge on any atom is -0.373 e. The molecule has 0 unspecified atom stereocenters. The first-order valence-electron chi connectivity index (χ1n) is 4.14. The Hall–Kier alpha value is -0.333. The van der Waals surface area contributed by atoms with Crippen LogP contribution < -0.4 is 5.19 Å². The van der Waals surface area contributed by atoms with Gasteiger partial charge in [0.05, 0.1) is 0 Å². The van der Waals surface area contributed by atoms with Crippen LogP contribution in [0.3, 0.4) is 0 Å². The number of thiol groups is 1. The predicted molar refractivity (Wildman–Crippen MR) is 60.1 cm³/mol. The molecule has 0 aromatic heterocycles. The summed E-state index contributed by atoms with van der Waals surface area (Å²) in [6.45, 7) is 0. The molecule has 0 bridgehead atoms. The zero-order valence-electron chi connectivity index (χ0n) is 8.48. The molecule has 0 spiro atoms. The number of hydrogen-bond acceptors (Lipinski definition) is 4. The fourth-order valence-corrected chi connectivity index (χ4v) is 3.74. The molecular weight excluding hydrogens is 216 g/mol. The van der Waals surface area contributed by atoms with Crippen molar-refractivity contribution in [3.8, 4) is 0 Å². The maximum Gasteiger partial charge on any atom is 0.537 e. The Labute approximate surface area is 90.8 Å². The molecule has 1 aromatic carbocycles. The van der Waals surface area contributed by atoms with Crippen LogP contribution in [0.2, 0.25) is 0 Å². The maximum absolute atomic E-state index is 5.35. The molecule has 78 valence electrons. The van der Waals surface area contributed by atoms with E-state index in [9.17, 15) is 0 Å². The van der Waals surface area contributed by atoms with Gasteiger partial charge in [0.2, 0.25) is 0 Å². The molecule has 0 saturated carbocycles. The van der Waals surface area contributed by atoms with Crippen LogP contribution >= 0.6 is 12.6 Å². The van der Waals surface area contributed by atoms with Crippen LogP contribution in [-0.2, 0) is 13.3 Å². The van der Waals surface area contributed by atoms with E-state index in [1.807, 2.05) is 24.3 Å². The summed E-state index contributed by atoms with van der Waals surface area (Å²) in [6, 6.07) is 7.61. The Morgan fingerprint density at radius 3 is 1.93 bits per heavy atom. The first kappa shape index (κ1) is 11.7. The third-order valence-corrected chi connectivity index (χ3v) is 5.35. The molecule has 0 N–H and O–H groups in total. The molecule has 0 atom stereocenters. The summed E-state index contributed by atoms with van der Waals surface area (Å²) in [5, 5.41) is 0.885. The van der Waals surface area contributed by atoms with Crippen LogP contribution in [0.1, 0.15) is 0 Å². The van der Waals surface area contributed by atoms with Gasteiger partial charge in [-0.2, -0.15) is 0 Å². The van der Waals surface area contributed by atoms with E-state index in [1.54, 1.807) is 21.3 Å². The van der Waals surface area contributed by atoms with Gasteiger partial charge in [-0.15, -0.1) is 12.6 Å². The van der Waals surface area contributed by atoms with Crippen LogP contribution in [-0.4, -0.2) is 30.1 Å². The topological polar surface area (TPSA) is 27.7 Å². The normalized spacial score (nSPS) is 11.7. The first-order valence-corrected chi connectivity index (χ1v) is 6.31. The van der Waals surface area contributed by atoms with Gasteiger partial charge < -0.3 is 13.3 Å². The van der Waals surface area contributed by atoms with Gasteiger partial charge in [0.15, 0.2) is 0 Å². The van der Waals surface area contributed by atoms with Gasteiger partial charge >= 0.3 is 8.80 Å². The summed E-state index contributed by atoms with van der Waals surface area (Å²) in [4.78, 5) is 0.824. The molecule has 0 fully saturated rings. The van der Waals surface area contributed by atoms with E-state index in [0.29, 0.717) is 0 Å². The quantitative estimate of drug-likeness (QED) is 0.619. The van der Waals surface area contributed by atoms with E-state index in [1.165, 1.54) is 0 Å². The number of rotatable bonds is 4. The summed E-state index contributed by atoms with van der Waals surface area (Å²) >= 11 is 4.35. The van der Waals surface area contributed by atoms with Crippen LogP contribution in [0.5, 0.6) is 0 Å². The average molecular weight is 230 g/mol. The first-order chi connectivity index (χ1) is 6.70. The SMILES string of the molecule is CO[Si](OC)(OC)c1ccccc1S. The fourth-order valence-electron chi connectivity index (χ4n) is 1.31. The molecule has 0 aliphatic rings. The number of hydrogen-bond donors (Lipinski definition) is 1. The van der Waals surface area contributed by atoms with Crippen molar-refractivity contribution in [3.05, 3.63) is 24.3 Å². The standard InChI is InChI=1S/C9H14O3SSi/c1-10-14(11-2,12-3)9-7-5-4-6-8(9)13/h4-7,13H,1-3H3. The summed E-state index contributed by atoms with van der Waals surface area (Å²) in [5.41, 5.74) is 0. The van der Waals surface area contributed by atoms with Gasteiger partial charge in [-0.1, -0.05) is 18.2 Å². The summed E-state index contributed by atoms with van der Waals surface area (Å²) in [7, 11) is 2.03. The van der Waals surface area contributed by atoms with Crippen molar-refractivity contribution in [1.82, 2.24) is 0 Å².